The summed E-state index contributed by atoms with van der Waals surface area (Å²) in [7, 11) is 0. The summed E-state index contributed by atoms with van der Waals surface area (Å²) >= 11 is 3.36. The van der Waals surface area contributed by atoms with E-state index >= 15 is 0 Å². The molecule has 1 N–H and O–H groups in total. The number of benzene rings is 1. The summed E-state index contributed by atoms with van der Waals surface area (Å²) in [6, 6.07) is 5.18. The van der Waals surface area contributed by atoms with E-state index in [1.807, 2.05) is 13.0 Å². The summed E-state index contributed by atoms with van der Waals surface area (Å²) < 4.78 is 6.05. The van der Waals surface area contributed by atoms with Crippen molar-refractivity contribution in [2.24, 2.45) is 0 Å². The number of carbonyl (C=O) groups is 1. The third-order valence-electron chi connectivity index (χ3n) is 2.01. The molecule has 0 spiro atoms. The van der Waals surface area contributed by atoms with Crippen LogP contribution in [0.1, 0.15) is 16.1 Å². The van der Waals surface area contributed by atoms with Gasteiger partial charge in [0.25, 0.3) is 0 Å². The molecule has 0 aliphatic rings. The van der Waals surface area contributed by atoms with Gasteiger partial charge in [-0.15, -0.1) is 0 Å². The van der Waals surface area contributed by atoms with E-state index in [-0.39, 0.29) is 5.76 Å². The molecule has 0 aliphatic heterocycles. The first-order chi connectivity index (χ1) is 6.58. The highest BCUT2D eigenvalue weighted by Crippen LogP contribution is 2.26. The molecular formula is C10H7BrO3. The van der Waals surface area contributed by atoms with Crippen molar-refractivity contribution < 1.29 is 14.3 Å². The van der Waals surface area contributed by atoms with Crippen molar-refractivity contribution >= 4 is 32.9 Å². The fourth-order valence-corrected chi connectivity index (χ4v) is 1.60. The van der Waals surface area contributed by atoms with Crippen LogP contribution in [0.15, 0.2) is 27.1 Å². The van der Waals surface area contributed by atoms with Crippen LogP contribution in [0.3, 0.4) is 0 Å². The maximum absolute atomic E-state index is 10.6. The van der Waals surface area contributed by atoms with Crippen molar-refractivity contribution in [1.82, 2.24) is 0 Å². The molecule has 0 amide bonds. The Balaban J connectivity index is 2.72. The Morgan fingerprint density at radius 1 is 1.43 bits per heavy atom. The number of hydrogen-bond acceptors (Lipinski definition) is 2. The Kier molecular flexibility index (Phi) is 2.07. The molecule has 0 atom stereocenters. The van der Waals surface area contributed by atoms with Crippen LogP contribution in [-0.4, -0.2) is 11.1 Å². The van der Waals surface area contributed by atoms with Crippen molar-refractivity contribution in [3.05, 3.63) is 34.0 Å². The lowest BCUT2D eigenvalue weighted by atomic mass is 10.2. The molecular weight excluding hydrogens is 248 g/mol. The molecule has 3 nitrogen and oxygen atoms in total. The lowest BCUT2D eigenvalue weighted by Gasteiger charge is -1.95. The first-order valence-corrected chi connectivity index (χ1v) is 4.80. The molecule has 72 valence electrons. The number of fused-ring (bicyclic) bond motifs is 1. The van der Waals surface area contributed by atoms with Crippen molar-refractivity contribution in [3.63, 3.8) is 0 Å². The minimum Gasteiger partial charge on any atom is -0.475 e. The average molecular weight is 255 g/mol. The Bertz CT molecular complexity index is 474. The topological polar surface area (TPSA) is 50.4 Å². The predicted molar refractivity (Wildman–Crippen MR) is 55.6 cm³/mol. The summed E-state index contributed by atoms with van der Waals surface area (Å²) in [5.41, 5.74) is 1.63. The summed E-state index contributed by atoms with van der Waals surface area (Å²) in [4.78, 5) is 10.6. The van der Waals surface area contributed by atoms with Gasteiger partial charge in [-0.05, 0) is 30.7 Å². The molecule has 0 fully saturated rings. The number of furan rings is 1. The van der Waals surface area contributed by atoms with Gasteiger partial charge in [0.2, 0.25) is 5.76 Å². The Hall–Kier alpha value is -1.29. The maximum Gasteiger partial charge on any atom is 0.371 e. The van der Waals surface area contributed by atoms with E-state index in [1.165, 1.54) is 6.07 Å². The van der Waals surface area contributed by atoms with Gasteiger partial charge in [0.05, 0.1) is 0 Å². The van der Waals surface area contributed by atoms with Crippen LogP contribution in [0, 0.1) is 6.92 Å². The van der Waals surface area contributed by atoms with Crippen LogP contribution in [0.25, 0.3) is 11.0 Å². The number of rotatable bonds is 1. The molecule has 1 aromatic carbocycles. The third-order valence-corrected chi connectivity index (χ3v) is 2.86. The predicted octanol–water partition coefficient (Wildman–Crippen LogP) is 3.20. The highest BCUT2D eigenvalue weighted by molar-refractivity contribution is 9.10. The number of halogens is 1. The average Bonchev–Trinajstić information content (AvgIpc) is 2.48. The second-order valence-corrected chi connectivity index (χ2v) is 3.91. The first-order valence-electron chi connectivity index (χ1n) is 4.01. The van der Waals surface area contributed by atoms with Gasteiger partial charge in [-0.1, -0.05) is 15.9 Å². The minimum absolute atomic E-state index is 0.0301. The van der Waals surface area contributed by atoms with E-state index < -0.39 is 5.97 Å². The largest absolute Gasteiger partial charge is 0.475 e. The minimum atomic E-state index is -1.05. The van der Waals surface area contributed by atoms with Gasteiger partial charge in [-0.25, -0.2) is 4.79 Å². The smallest absolute Gasteiger partial charge is 0.371 e. The molecule has 0 saturated heterocycles. The van der Waals surface area contributed by atoms with Crippen LogP contribution in [0.5, 0.6) is 0 Å². The molecule has 2 rings (SSSR count). The third kappa shape index (κ3) is 1.42. The van der Waals surface area contributed by atoms with Gasteiger partial charge < -0.3 is 9.52 Å². The summed E-state index contributed by atoms with van der Waals surface area (Å²) in [5, 5.41) is 9.53. The number of aryl methyl sites for hydroxylation is 1. The Morgan fingerprint density at radius 3 is 2.79 bits per heavy atom. The maximum atomic E-state index is 10.6. The zero-order chi connectivity index (χ0) is 10.3. The van der Waals surface area contributed by atoms with E-state index in [9.17, 15) is 4.79 Å². The molecule has 1 aromatic heterocycles. The molecule has 0 radical (unpaired) electrons. The molecule has 1 heterocycles. The van der Waals surface area contributed by atoms with Gasteiger partial charge in [0, 0.05) is 9.86 Å². The molecule has 2 aromatic rings. The van der Waals surface area contributed by atoms with E-state index in [0.29, 0.717) is 5.58 Å². The SMILES string of the molecule is Cc1cc2cc(C(=O)O)oc2cc1Br. The van der Waals surface area contributed by atoms with Crippen molar-refractivity contribution in [1.29, 1.82) is 0 Å². The zero-order valence-electron chi connectivity index (χ0n) is 7.37. The lowest BCUT2D eigenvalue weighted by molar-refractivity contribution is 0.0665. The van der Waals surface area contributed by atoms with E-state index in [2.05, 4.69) is 15.9 Å². The summed E-state index contributed by atoms with van der Waals surface area (Å²) in [6.45, 7) is 1.94. The number of hydrogen-bond donors (Lipinski definition) is 1. The van der Waals surface area contributed by atoms with Gasteiger partial charge >= 0.3 is 5.97 Å². The second kappa shape index (κ2) is 3.13. The lowest BCUT2D eigenvalue weighted by Crippen LogP contribution is -1.91. The second-order valence-electron chi connectivity index (χ2n) is 3.06. The molecule has 0 saturated carbocycles. The molecule has 0 aliphatic carbocycles. The fourth-order valence-electron chi connectivity index (χ4n) is 1.28. The summed E-state index contributed by atoms with van der Waals surface area (Å²) in [5.74, 6) is -1.08. The Morgan fingerprint density at radius 2 is 2.14 bits per heavy atom. The Labute approximate surface area is 88.5 Å². The van der Waals surface area contributed by atoms with Gasteiger partial charge in [-0.2, -0.15) is 0 Å². The fraction of sp³-hybridized carbons (Fsp3) is 0.100. The van der Waals surface area contributed by atoms with Crippen LogP contribution >= 0.6 is 15.9 Å². The molecule has 14 heavy (non-hydrogen) atoms. The van der Waals surface area contributed by atoms with Crippen molar-refractivity contribution in [2.45, 2.75) is 6.92 Å². The van der Waals surface area contributed by atoms with Gasteiger partial charge in [0.1, 0.15) is 5.58 Å². The first kappa shape index (κ1) is 9.27. The number of aromatic carboxylic acids is 1. The highest BCUT2D eigenvalue weighted by atomic mass is 79.9. The van der Waals surface area contributed by atoms with Crippen molar-refractivity contribution in [2.75, 3.05) is 0 Å². The van der Waals surface area contributed by atoms with Gasteiger partial charge in [0.15, 0.2) is 0 Å². The standard InChI is InChI=1S/C10H7BrO3/c1-5-2-6-3-9(10(12)13)14-8(6)4-7(5)11/h2-4H,1H3,(H,12,13). The van der Waals surface area contributed by atoms with E-state index in [4.69, 9.17) is 9.52 Å². The normalized spacial score (nSPS) is 10.7. The monoisotopic (exact) mass is 254 g/mol. The van der Waals surface area contributed by atoms with Gasteiger partial charge in [-0.3, -0.25) is 0 Å². The number of carboxylic acids is 1. The highest BCUT2D eigenvalue weighted by Gasteiger charge is 2.11. The van der Waals surface area contributed by atoms with E-state index in [0.717, 1.165) is 15.4 Å². The summed E-state index contributed by atoms with van der Waals surface area (Å²) in [6.07, 6.45) is 0. The van der Waals surface area contributed by atoms with E-state index in [1.54, 1.807) is 6.07 Å². The quantitative estimate of drug-likeness (QED) is 0.851. The zero-order valence-corrected chi connectivity index (χ0v) is 8.96. The van der Waals surface area contributed by atoms with Crippen LogP contribution in [-0.2, 0) is 0 Å². The van der Waals surface area contributed by atoms with Crippen LogP contribution in [0.4, 0.5) is 0 Å². The molecule has 0 unspecified atom stereocenters. The molecule has 4 heteroatoms. The van der Waals surface area contributed by atoms with Crippen LogP contribution in [0.2, 0.25) is 0 Å². The van der Waals surface area contributed by atoms with Crippen LogP contribution < -0.4 is 0 Å². The number of carboxylic acid groups (broad SMARTS) is 1. The molecule has 0 bridgehead atoms. The van der Waals surface area contributed by atoms with Crippen molar-refractivity contribution in [3.8, 4) is 0 Å².